The van der Waals surface area contributed by atoms with E-state index in [9.17, 15) is 9.18 Å². The van der Waals surface area contributed by atoms with Crippen molar-refractivity contribution in [2.24, 2.45) is 0 Å². The molecule has 1 aliphatic rings. The first-order valence-corrected chi connectivity index (χ1v) is 5.97. The normalized spacial score (nSPS) is 17.6. The van der Waals surface area contributed by atoms with Crippen LogP contribution in [0.2, 0.25) is 0 Å². The number of amides is 1. The Morgan fingerprint density at radius 1 is 1.39 bits per heavy atom. The average molecular weight is 252 g/mol. The van der Waals surface area contributed by atoms with Crippen LogP contribution in [0.25, 0.3) is 0 Å². The third kappa shape index (κ3) is 2.59. The fourth-order valence-corrected chi connectivity index (χ4v) is 2.05. The molecule has 0 radical (unpaired) electrons. The molecule has 1 saturated heterocycles. The van der Waals surface area contributed by atoms with Gasteiger partial charge in [-0.3, -0.25) is 4.79 Å². The van der Waals surface area contributed by atoms with E-state index in [0.29, 0.717) is 13.1 Å². The SMILES string of the molecule is CN1CCCN(C(=O)c2ccnc(N)c2F)CC1. The lowest BCUT2D eigenvalue weighted by Gasteiger charge is -2.20. The molecule has 1 amide bonds. The van der Waals surface area contributed by atoms with Crippen LogP contribution in [-0.4, -0.2) is 53.9 Å². The van der Waals surface area contributed by atoms with Crippen LogP contribution in [0.5, 0.6) is 0 Å². The highest BCUT2D eigenvalue weighted by molar-refractivity contribution is 5.95. The number of nitrogens with zero attached hydrogens (tertiary/aromatic N) is 3. The fourth-order valence-electron chi connectivity index (χ4n) is 2.05. The molecular formula is C12H17FN4O. The number of likely N-dealkylation sites (N-methyl/N-ethyl adjacent to an activating group) is 1. The molecule has 18 heavy (non-hydrogen) atoms. The molecule has 5 nitrogen and oxygen atoms in total. The number of carbonyl (C=O) groups excluding carboxylic acids is 1. The van der Waals surface area contributed by atoms with Crippen molar-refractivity contribution in [1.29, 1.82) is 0 Å². The summed E-state index contributed by atoms with van der Waals surface area (Å²) in [7, 11) is 2.01. The van der Waals surface area contributed by atoms with E-state index in [1.165, 1.54) is 12.3 Å². The van der Waals surface area contributed by atoms with Gasteiger partial charge in [-0.1, -0.05) is 0 Å². The van der Waals surface area contributed by atoms with Gasteiger partial charge in [0.2, 0.25) is 0 Å². The van der Waals surface area contributed by atoms with Gasteiger partial charge in [0.25, 0.3) is 5.91 Å². The second-order valence-corrected chi connectivity index (χ2v) is 4.51. The number of hydrogen-bond acceptors (Lipinski definition) is 4. The van der Waals surface area contributed by atoms with Crippen LogP contribution in [0.15, 0.2) is 12.3 Å². The number of nitrogen functional groups attached to an aromatic ring is 1. The van der Waals surface area contributed by atoms with Crippen LogP contribution in [0.4, 0.5) is 10.2 Å². The van der Waals surface area contributed by atoms with E-state index < -0.39 is 5.82 Å². The quantitative estimate of drug-likeness (QED) is 0.794. The maximum atomic E-state index is 13.7. The number of rotatable bonds is 1. The Bertz CT molecular complexity index is 452. The number of aromatic nitrogens is 1. The molecule has 1 fully saturated rings. The van der Waals surface area contributed by atoms with Crippen molar-refractivity contribution < 1.29 is 9.18 Å². The highest BCUT2D eigenvalue weighted by atomic mass is 19.1. The zero-order valence-corrected chi connectivity index (χ0v) is 10.4. The first kappa shape index (κ1) is 12.8. The Morgan fingerprint density at radius 2 is 2.17 bits per heavy atom. The van der Waals surface area contributed by atoms with Crippen LogP contribution in [-0.2, 0) is 0 Å². The Hall–Kier alpha value is -1.69. The monoisotopic (exact) mass is 252 g/mol. The van der Waals surface area contributed by atoms with Crippen LogP contribution in [0.3, 0.4) is 0 Å². The first-order valence-electron chi connectivity index (χ1n) is 5.97. The van der Waals surface area contributed by atoms with Gasteiger partial charge >= 0.3 is 0 Å². The third-order valence-corrected chi connectivity index (χ3v) is 3.15. The van der Waals surface area contributed by atoms with Crippen molar-refractivity contribution in [2.45, 2.75) is 6.42 Å². The number of anilines is 1. The lowest BCUT2D eigenvalue weighted by Crippen LogP contribution is -2.35. The molecule has 98 valence electrons. The Balaban J connectivity index is 2.18. The molecule has 2 rings (SSSR count). The summed E-state index contributed by atoms with van der Waals surface area (Å²) >= 11 is 0. The predicted molar refractivity (Wildman–Crippen MR) is 66.6 cm³/mol. The minimum Gasteiger partial charge on any atom is -0.381 e. The Labute approximate surface area is 105 Å². The topological polar surface area (TPSA) is 62.5 Å². The Kier molecular flexibility index (Phi) is 3.76. The van der Waals surface area contributed by atoms with Gasteiger partial charge in [-0.05, 0) is 26.1 Å². The Morgan fingerprint density at radius 3 is 2.94 bits per heavy atom. The number of pyridine rings is 1. The fraction of sp³-hybridized carbons (Fsp3) is 0.500. The summed E-state index contributed by atoms with van der Waals surface area (Å²) in [5.74, 6) is -1.26. The molecule has 2 heterocycles. The van der Waals surface area contributed by atoms with Gasteiger partial charge in [-0.2, -0.15) is 0 Å². The maximum Gasteiger partial charge on any atom is 0.257 e. The van der Waals surface area contributed by atoms with E-state index in [2.05, 4.69) is 9.88 Å². The second-order valence-electron chi connectivity index (χ2n) is 4.51. The van der Waals surface area contributed by atoms with Gasteiger partial charge in [0.1, 0.15) is 0 Å². The second kappa shape index (κ2) is 5.30. The number of hydrogen-bond donors (Lipinski definition) is 1. The molecule has 0 atom stereocenters. The van der Waals surface area contributed by atoms with Crippen LogP contribution < -0.4 is 5.73 Å². The number of nitrogens with two attached hydrogens (primary N) is 1. The summed E-state index contributed by atoms with van der Waals surface area (Å²) in [5, 5.41) is 0. The predicted octanol–water partition coefficient (Wildman–Crippen LogP) is 0.581. The molecule has 1 aromatic rings. The molecule has 0 aliphatic carbocycles. The zero-order chi connectivity index (χ0) is 13.1. The largest absolute Gasteiger partial charge is 0.381 e. The summed E-state index contributed by atoms with van der Waals surface area (Å²) < 4.78 is 13.7. The smallest absolute Gasteiger partial charge is 0.257 e. The maximum absolute atomic E-state index is 13.7. The third-order valence-electron chi connectivity index (χ3n) is 3.15. The van der Waals surface area contributed by atoms with Crippen molar-refractivity contribution in [1.82, 2.24) is 14.8 Å². The minimum absolute atomic E-state index is 0.00653. The average Bonchev–Trinajstić information content (AvgIpc) is 2.57. The van der Waals surface area contributed by atoms with E-state index in [4.69, 9.17) is 5.73 Å². The summed E-state index contributed by atoms with van der Waals surface area (Å²) in [4.78, 5) is 19.7. The lowest BCUT2D eigenvalue weighted by atomic mass is 10.2. The van der Waals surface area contributed by atoms with Gasteiger partial charge in [0, 0.05) is 25.8 Å². The summed E-state index contributed by atoms with van der Waals surface area (Å²) in [5.41, 5.74) is 5.38. The molecule has 2 N–H and O–H groups in total. The highest BCUT2D eigenvalue weighted by Gasteiger charge is 2.22. The molecule has 0 saturated carbocycles. The standard InChI is InChI=1S/C12H17FN4O/c1-16-5-2-6-17(8-7-16)12(18)9-3-4-15-11(14)10(9)13/h3-4H,2,5-8H2,1H3,(H2,14,15). The summed E-state index contributed by atoms with van der Waals surface area (Å²) in [6, 6.07) is 1.38. The van der Waals surface area contributed by atoms with E-state index in [1.807, 2.05) is 7.05 Å². The van der Waals surface area contributed by atoms with Crippen molar-refractivity contribution in [3.05, 3.63) is 23.6 Å². The van der Waals surface area contributed by atoms with Gasteiger partial charge < -0.3 is 15.5 Å². The minimum atomic E-state index is -0.722. The van der Waals surface area contributed by atoms with Crippen molar-refractivity contribution >= 4 is 11.7 Å². The van der Waals surface area contributed by atoms with Crippen molar-refractivity contribution in [3.63, 3.8) is 0 Å². The van der Waals surface area contributed by atoms with Gasteiger partial charge in [-0.25, -0.2) is 9.37 Å². The molecule has 6 heteroatoms. The van der Waals surface area contributed by atoms with Crippen LogP contribution >= 0.6 is 0 Å². The zero-order valence-electron chi connectivity index (χ0n) is 10.4. The van der Waals surface area contributed by atoms with E-state index in [0.717, 1.165) is 19.5 Å². The molecule has 0 bridgehead atoms. The molecule has 0 spiro atoms. The lowest BCUT2D eigenvalue weighted by molar-refractivity contribution is 0.0758. The van der Waals surface area contributed by atoms with Gasteiger partial charge in [0.05, 0.1) is 5.56 Å². The molecule has 1 aliphatic heterocycles. The number of halogens is 1. The van der Waals surface area contributed by atoms with Crippen LogP contribution in [0, 0.1) is 5.82 Å². The van der Waals surface area contributed by atoms with E-state index in [-0.39, 0.29) is 17.3 Å². The molecule has 1 aromatic heterocycles. The molecular weight excluding hydrogens is 235 g/mol. The number of carbonyl (C=O) groups is 1. The first-order chi connectivity index (χ1) is 8.59. The van der Waals surface area contributed by atoms with E-state index >= 15 is 0 Å². The van der Waals surface area contributed by atoms with Gasteiger partial charge in [0.15, 0.2) is 11.6 Å². The molecule has 0 unspecified atom stereocenters. The van der Waals surface area contributed by atoms with Crippen molar-refractivity contribution in [3.8, 4) is 0 Å². The molecule has 0 aromatic carbocycles. The van der Waals surface area contributed by atoms with Crippen molar-refractivity contribution in [2.75, 3.05) is 39.0 Å². The van der Waals surface area contributed by atoms with Crippen LogP contribution in [0.1, 0.15) is 16.8 Å². The van der Waals surface area contributed by atoms with E-state index in [1.54, 1.807) is 4.90 Å². The summed E-state index contributed by atoms with van der Waals surface area (Å²) in [6.45, 7) is 3.00. The highest BCUT2D eigenvalue weighted by Crippen LogP contribution is 2.15. The summed E-state index contributed by atoms with van der Waals surface area (Å²) in [6.07, 6.45) is 2.25. The van der Waals surface area contributed by atoms with Gasteiger partial charge in [-0.15, -0.1) is 0 Å².